The topological polar surface area (TPSA) is 49.1 Å². The van der Waals surface area contributed by atoms with E-state index in [1.165, 1.54) is 0 Å². The quantitative estimate of drug-likeness (QED) is 0.686. The number of benzene rings is 2. The Balaban J connectivity index is 1.63. The molecule has 0 aliphatic carbocycles. The van der Waals surface area contributed by atoms with Crippen molar-refractivity contribution < 1.29 is 14.4 Å². The summed E-state index contributed by atoms with van der Waals surface area (Å²) in [5.41, 5.74) is 1.09. The molecule has 22 heavy (non-hydrogen) atoms. The molecule has 0 radical (unpaired) electrons. The van der Waals surface area contributed by atoms with Gasteiger partial charge < -0.3 is 9.84 Å². The van der Waals surface area contributed by atoms with Gasteiger partial charge in [0.05, 0.1) is 5.56 Å². The van der Waals surface area contributed by atoms with Crippen LogP contribution in [-0.4, -0.2) is 22.8 Å². The Morgan fingerprint density at radius 3 is 2.41 bits per heavy atom. The van der Waals surface area contributed by atoms with Crippen molar-refractivity contribution in [3.05, 3.63) is 73.1 Å². The van der Waals surface area contributed by atoms with Crippen molar-refractivity contribution in [3.8, 4) is 17.1 Å². The van der Waals surface area contributed by atoms with Gasteiger partial charge in [0.1, 0.15) is 37.4 Å². The Kier molecular flexibility index (Phi) is 4.51. The molecule has 112 valence electrons. The number of rotatable bonds is 6. The van der Waals surface area contributed by atoms with E-state index in [9.17, 15) is 5.11 Å². The first kappa shape index (κ1) is 14.4. The number of nitrogens with one attached hydrogen (secondary N) is 1. The van der Waals surface area contributed by atoms with Crippen molar-refractivity contribution in [1.82, 2.24) is 4.98 Å². The van der Waals surface area contributed by atoms with Crippen LogP contribution in [0, 0.1) is 0 Å². The normalized spacial score (nSPS) is 12.0. The summed E-state index contributed by atoms with van der Waals surface area (Å²) in [6.45, 7) is 0.733. The zero-order chi connectivity index (χ0) is 15.2. The predicted molar refractivity (Wildman–Crippen MR) is 84.4 cm³/mol. The molecule has 0 saturated carbocycles. The summed E-state index contributed by atoms with van der Waals surface area (Å²) in [7, 11) is 0. The highest BCUT2D eigenvalue weighted by Crippen LogP contribution is 2.12. The molecule has 1 atom stereocenters. The first-order chi connectivity index (χ1) is 10.8. The summed E-state index contributed by atoms with van der Waals surface area (Å²) in [6.07, 6.45) is 3.21. The van der Waals surface area contributed by atoms with Crippen LogP contribution >= 0.6 is 0 Å². The summed E-state index contributed by atoms with van der Waals surface area (Å²) in [5.74, 6) is 1.74. The average molecular weight is 295 g/mol. The van der Waals surface area contributed by atoms with E-state index in [0.717, 1.165) is 17.1 Å². The fourth-order valence-corrected chi connectivity index (χ4v) is 2.35. The van der Waals surface area contributed by atoms with E-state index in [0.29, 0.717) is 6.54 Å². The first-order valence-electron chi connectivity index (χ1n) is 7.31. The van der Waals surface area contributed by atoms with Crippen molar-refractivity contribution in [3.63, 3.8) is 0 Å². The van der Waals surface area contributed by atoms with Crippen LogP contribution in [0.15, 0.2) is 73.1 Å². The number of aliphatic hydroxyl groups excluding tert-OH is 1. The lowest BCUT2D eigenvalue weighted by molar-refractivity contribution is -0.691. The van der Waals surface area contributed by atoms with Gasteiger partial charge in [-0.05, 0) is 24.3 Å². The van der Waals surface area contributed by atoms with E-state index in [4.69, 9.17) is 4.74 Å². The van der Waals surface area contributed by atoms with E-state index in [1.54, 1.807) is 0 Å². The second-order valence-electron chi connectivity index (χ2n) is 5.10. The first-order valence-corrected chi connectivity index (χ1v) is 7.31. The van der Waals surface area contributed by atoms with Gasteiger partial charge in [-0.15, -0.1) is 0 Å². The Labute approximate surface area is 129 Å². The molecule has 2 aromatic carbocycles. The van der Waals surface area contributed by atoms with Crippen LogP contribution in [0.5, 0.6) is 5.75 Å². The van der Waals surface area contributed by atoms with Gasteiger partial charge in [-0.1, -0.05) is 36.4 Å². The number of aromatic nitrogens is 2. The summed E-state index contributed by atoms with van der Waals surface area (Å²) in [5, 5.41) is 10.2. The van der Waals surface area contributed by atoms with Crippen LogP contribution in [0.3, 0.4) is 0 Å². The summed E-state index contributed by atoms with van der Waals surface area (Å²) >= 11 is 0. The Hall–Kier alpha value is -2.59. The van der Waals surface area contributed by atoms with Gasteiger partial charge in [-0.3, -0.25) is 0 Å². The number of ether oxygens (including phenoxy) is 1. The van der Waals surface area contributed by atoms with Crippen LogP contribution in [0.4, 0.5) is 0 Å². The number of aromatic amines is 1. The molecule has 0 amide bonds. The van der Waals surface area contributed by atoms with Crippen molar-refractivity contribution in [2.75, 3.05) is 6.61 Å². The fraction of sp³-hybridized carbons (Fsp3) is 0.167. The van der Waals surface area contributed by atoms with Crippen LogP contribution in [0.25, 0.3) is 11.4 Å². The standard InChI is InChI=1S/C18H18N2O2/c21-16(14-22-17-9-5-2-6-10-17)13-20-12-11-19-18(20)15-7-3-1-4-8-15/h1-12,16,21H,13-14H2/p+1. The third kappa shape index (κ3) is 3.54. The van der Waals surface area contributed by atoms with Crippen LogP contribution < -0.4 is 9.30 Å². The van der Waals surface area contributed by atoms with E-state index in [2.05, 4.69) is 4.98 Å². The smallest absolute Gasteiger partial charge is 0.286 e. The molecule has 2 N–H and O–H groups in total. The molecular formula is C18H19N2O2+. The number of para-hydroxylation sites is 1. The third-order valence-corrected chi connectivity index (χ3v) is 3.40. The molecule has 0 aliphatic rings. The second-order valence-corrected chi connectivity index (χ2v) is 5.10. The van der Waals surface area contributed by atoms with Gasteiger partial charge in [0.15, 0.2) is 0 Å². The minimum Gasteiger partial charge on any atom is -0.491 e. The highest BCUT2D eigenvalue weighted by Gasteiger charge is 2.17. The van der Waals surface area contributed by atoms with Crippen molar-refractivity contribution in [2.24, 2.45) is 0 Å². The van der Waals surface area contributed by atoms with Crippen molar-refractivity contribution >= 4 is 0 Å². The summed E-state index contributed by atoms with van der Waals surface area (Å²) in [4.78, 5) is 3.21. The van der Waals surface area contributed by atoms with Crippen LogP contribution in [0.1, 0.15) is 0 Å². The summed E-state index contributed by atoms with van der Waals surface area (Å²) < 4.78 is 7.58. The maximum absolute atomic E-state index is 10.2. The number of hydrogen-bond donors (Lipinski definition) is 2. The zero-order valence-corrected chi connectivity index (χ0v) is 12.2. The molecule has 0 spiro atoms. The van der Waals surface area contributed by atoms with Crippen molar-refractivity contribution in [1.29, 1.82) is 0 Å². The average Bonchev–Trinajstić information content (AvgIpc) is 3.03. The SMILES string of the molecule is OC(COc1ccccc1)C[n+]1cc[nH]c1-c1ccccc1. The minimum absolute atomic E-state index is 0.260. The maximum atomic E-state index is 10.2. The molecular weight excluding hydrogens is 276 g/mol. The monoisotopic (exact) mass is 295 g/mol. The van der Waals surface area contributed by atoms with Gasteiger partial charge >= 0.3 is 0 Å². The molecule has 4 nitrogen and oxygen atoms in total. The highest BCUT2D eigenvalue weighted by molar-refractivity contribution is 5.51. The van der Waals surface area contributed by atoms with Gasteiger partial charge in [0.2, 0.25) is 0 Å². The number of aliphatic hydroxyl groups is 1. The molecule has 0 bridgehead atoms. The lowest BCUT2D eigenvalue weighted by Gasteiger charge is -2.11. The molecule has 1 unspecified atom stereocenters. The van der Waals surface area contributed by atoms with Gasteiger partial charge in [0.25, 0.3) is 5.82 Å². The van der Waals surface area contributed by atoms with E-state index in [1.807, 2.05) is 77.6 Å². The predicted octanol–water partition coefficient (Wildman–Crippen LogP) is 2.41. The summed E-state index contributed by atoms with van der Waals surface area (Å²) in [6, 6.07) is 19.6. The van der Waals surface area contributed by atoms with Gasteiger partial charge in [-0.25, -0.2) is 9.55 Å². The fourth-order valence-electron chi connectivity index (χ4n) is 2.35. The van der Waals surface area contributed by atoms with Crippen LogP contribution in [-0.2, 0) is 6.54 Å². The highest BCUT2D eigenvalue weighted by atomic mass is 16.5. The van der Waals surface area contributed by atoms with E-state index in [-0.39, 0.29) is 6.61 Å². The number of imidazole rings is 1. The molecule has 1 aromatic heterocycles. The minimum atomic E-state index is -0.580. The lowest BCUT2D eigenvalue weighted by Crippen LogP contribution is -2.42. The maximum Gasteiger partial charge on any atom is 0.286 e. The number of nitrogens with zero attached hydrogens (tertiary/aromatic N) is 1. The lowest BCUT2D eigenvalue weighted by atomic mass is 10.2. The van der Waals surface area contributed by atoms with E-state index >= 15 is 0 Å². The molecule has 3 aromatic rings. The van der Waals surface area contributed by atoms with Crippen LogP contribution in [0.2, 0.25) is 0 Å². The van der Waals surface area contributed by atoms with Crippen molar-refractivity contribution in [2.45, 2.75) is 12.6 Å². The van der Waals surface area contributed by atoms with E-state index < -0.39 is 6.10 Å². The second kappa shape index (κ2) is 6.91. The number of hydrogen-bond acceptors (Lipinski definition) is 2. The largest absolute Gasteiger partial charge is 0.491 e. The molecule has 0 aliphatic heterocycles. The molecule has 0 fully saturated rings. The Bertz CT molecular complexity index is 695. The van der Waals surface area contributed by atoms with Gasteiger partial charge in [-0.2, -0.15) is 0 Å². The third-order valence-electron chi connectivity index (χ3n) is 3.40. The Morgan fingerprint density at radius 1 is 1.00 bits per heavy atom. The number of H-pyrrole nitrogens is 1. The Morgan fingerprint density at radius 2 is 1.68 bits per heavy atom. The van der Waals surface area contributed by atoms with Gasteiger partial charge in [0, 0.05) is 0 Å². The molecule has 4 heteroatoms. The molecule has 0 saturated heterocycles. The molecule has 1 heterocycles. The molecule has 3 rings (SSSR count). The zero-order valence-electron chi connectivity index (χ0n) is 12.2.